The number of allylic oxidation sites excluding steroid dienone is 2. The van der Waals surface area contributed by atoms with Gasteiger partial charge in [0.05, 0.1) is 0 Å². The molecule has 1 aliphatic rings. The van der Waals surface area contributed by atoms with Gasteiger partial charge in [-0.25, -0.2) is 0 Å². The number of hydrogen-bond donors (Lipinski definition) is 0. The van der Waals surface area contributed by atoms with Gasteiger partial charge in [-0.1, -0.05) is 37.8 Å². The molecule has 0 aromatic carbocycles. The Hall–Kier alpha value is -1.00. The van der Waals surface area contributed by atoms with E-state index in [1.165, 1.54) is 6.42 Å². The number of cyclic esters (lactones) is 1. The number of alkyl halides is 3. The van der Waals surface area contributed by atoms with Crippen molar-refractivity contribution < 1.29 is 22.7 Å². The SMILES string of the molecule is O=C1CCCCCCCC/C=C/CCCC(C(F)(F)F)O1. The topological polar surface area (TPSA) is 26.3 Å². The zero-order chi connectivity index (χ0) is 15.6. The van der Waals surface area contributed by atoms with Crippen molar-refractivity contribution in [2.75, 3.05) is 0 Å². The van der Waals surface area contributed by atoms with Crippen molar-refractivity contribution in [3.05, 3.63) is 12.2 Å². The minimum absolute atomic E-state index is 0.0898. The van der Waals surface area contributed by atoms with Crippen LogP contribution in [-0.4, -0.2) is 18.2 Å². The van der Waals surface area contributed by atoms with Crippen LogP contribution in [0.2, 0.25) is 0 Å². The van der Waals surface area contributed by atoms with Crippen LogP contribution in [0.15, 0.2) is 12.2 Å². The minimum Gasteiger partial charge on any atom is -0.453 e. The van der Waals surface area contributed by atoms with Crippen molar-refractivity contribution in [1.82, 2.24) is 0 Å². The molecule has 2 nitrogen and oxygen atoms in total. The van der Waals surface area contributed by atoms with Gasteiger partial charge in [0.1, 0.15) is 0 Å². The van der Waals surface area contributed by atoms with Crippen LogP contribution in [0.25, 0.3) is 0 Å². The molecule has 1 aliphatic heterocycles. The number of carbonyl (C=O) groups is 1. The minimum atomic E-state index is -4.47. The molecule has 1 unspecified atom stereocenters. The summed E-state index contributed by atoms with van der Waals surface area (Å²) in [6.45, 7) is 0. The highest BCUT2D eigenvalue weighted by molar-refractivity contribution is 5.69. The summed E-state index contributed by atoms with van der Waals surface area (Å²) in [6.07, 6.45) is 5.41. The molecule has 0 aromatic heterocycles. The Morgan fingerprint density at radius 1 is 0.905 bits per heavy atom. The van der Waals surface area contributed by atoms with Gasteiger partial charge < -0.3 is 4.74 Å². The Balaban J connectivity index is 2.52. The zero-order valence-electron chi connectivity index (χ0n) is 12.5. The summed E-state index contributed by atoms with van der Waals surface area (Å²) in [5, 5.41) is 0. The molecule has 0 spiro atoms. The molecule has 1 rings (SSSR count). The molecule has 5 heteroatoms. The Morgan fingerprint density at radius 2 is 1.48 bits per heavy atom. The van der Waals surface area contributed by atoms with Gasteiger partial charge in [0, 0.05) is 6.42 Å². The van der Waals surface area contributed by atoms with Gasteiger partial charge in [-0.15, -0.1) is 0 Å². The summed E-state index contributed by atoms with van der Waals surface area (Å²) < 4.78 is 43.1. The highest BCUT2D eigenvalue weighted by atomic mass is 19.4. The second kappa shape index (κ2) is 9.85. The van der Waals surface area contributed by atoms with Crippen molar-refractivity contribution in [1.29, 1.82) is 0 Å². The largest absolute Gasteiger partial charge is 0.453 e. The third kappa shape index (κ3) is 8.79. The number of rotatable bonds is 0. The molecule has 0 radical (unpaired) electrons. The van der Waals surface area contributed by atoms with E-state index in [4.69, 9.17) is 0 Å². The predicted molar refractivity (Wildman–Crippen MR) is 75.9 cm³/mol. The Kier molecular flexibility index (Phi) is 8.47. The van der Waals surface area contributed by atoms with Crippen LogP contribution in [0.4, 0.5) is 13.2 Å². The second-order valence-electron chi connectivity index (χ2n) is 5.58. The monoisotopic (exact) mass is 306 g/mol. The summed E-state index contributed by atoms with van der Waals surface area (Å²) in [5.41, 5.74) is 0. The molecule has 1 heterocycles. The van der Waals surface area contributed by atoms with Crippen LogP contribution in [0.3, 0.4) is 0 Å². The summed E-state index contributed by atoms with van der Waals surface area (Å²) in [5.74, 6) is -0.722. The molecular formula is C16H25F3O2. The maximum Gasteiger partial charge on any atom is 0.425 e. The normalized spacial score (nSPS) is 26.0. The molecule has 0 fully saturated rings. The molecule has 122 valence electrons. The molecule has 0 aliphatic carbocycles. The average Bonchev–Trinajstić information content (AvgIpc) is 2.40. The van der Waals surface area contributed by atoms with Crippen LogP contribution in [-0.2, 0) is 9.53 Å². The van der Waals surface area contributed by atoms with Gasteiger partial charge in [0.15, 0.2) is 6.10 Å². The fourth-order valence-electron chi connectivity index (χ4n) is 2.40. The average molecular weight is 306 g/mol. The van der Waals surface area contributed by atoms with Gasteiger partial charge in [-0.3, -0.25) is 4.79 Å². The Morgan fingerprint density at radius 3 is 2.14 bits per heavy atom. The second-order valence-corrected chi connectivity index (χ2v) is 5.58. The van der Waals surface area contributed by atoms with E-state index in [1.54, 1.807) is 0 Å². The van der Waals surface area contributed by atoms with E-state index in [-0.39, 0.29) is 12.8 Å². The molecule has 0 bridgehead atoms. The third-order valence-corrected chi connectivity index (χ3v) is 3.64. The first-order chi connectivity index (χ1) is 10.00. The summed E-state index contributed by atoms with van der Waals surface area (Å²) in [7, 11) is 0. The van der Waals surface area contributed by atoms with Gasteiger partial charge >= 0.3 is 12.1 Å². The lowest BCUT2D eigenvalue weighted by atomic mass is 10.1. The Bertz CT molecular complexity index is 324. The van der Waals surface area contributed by atoms with E-state index in [9.17, 15) is 18.0 Å². The van der Waals surface area contributed by atoms with Gasteiger partial charge in [0.2, 0.25) is 0 Å². The maximum atomic E-state index is 12.8. The number of carbonyl (C=O) groups excluding carboxylic acids is 1. The van der Waals surface area contributed by atoms with Crippen molar-refractivity contribution in [2.24, 2.45) is 0 Å². The van der Waals surface area contributed by atoms with Crippen molar-refractivity contribution in [3.63, 3.8) is 0 Å². The molecular weight excluding hydrogens is 281 g/mol. The van der Waals surface area contributed by atoms with Gasteiger partial charge in [-0.05, 0) is 38.5 Å². The van der Waals surface area contributed by atoms with Crippen LogP contribution < -0.4 is 0 Å². The molecule has 0 amide bonds. The van der Waals surface area contributed by atoms with Crippen molar-refractivity contribution in [2.45, 2.75) is 82.9 Å². The standard InChI is InChI=1S/C16H25F3O2/c17-16(18,19)14-12-10-8-6-4-2-1-3-5-7-9-11-13-15(20)21-14/h4,6,14H,1-3,5,7-13H2/b6-4+. The lowest BCUT2D eigenvalue weighted by Gasteiger charge is -2.20. The number of hydrogen-bond acceptors (Lipinski definition) is 2. The van der Waals surface area contributed by atoms with E-state index < -0.39 is 18.2 Å². The molecule has 1 atom stereocenters. The summed E-state index contributed by atoms with van der Waals surface area (Å²) >= 11 is 0. The Labute approximate surface area is 124 Å². The maximum absolute atomic E-state index is 12.8. The molecule has 21 heavy (non-hydrogen) atoms. The first-order valence-electron chi connectivity index (χ1n) is 7.91. The van der Waals surface area contributed by atoms with E-state index in [0.29, 0.717) is 19.3 Å². The summed E-state index contributed by atoms with van der Waals surface area (Å²) in [6, 6.07) is 0. The van der Waals surface area contributed by atoms with Crippen LogP contribution in [0.1, 0.15) is 70.6 Å². The zero-order valence-corrected chi connectivity index (χ0v) is 12.5. The first kappa shape index (κ1) is 18.1. The molecule has 0 saturated heterocycles. The van der Waals surface area contributed by atoms with Gasteiger partial charge in [0.25, 0.3) is 0 Å². The first-order valence-corrected chi connectivity index (χ1v) is 7.91. The number of ether oxygens (including phenoxy) is 1. The fourth-order valence-corrected chi connectivity index (χ4v) is 2.40. The highest BCUT2D eigenvalue weighted by Gasteiger charge is 2.42. The highest BCUT2D eigenvalue weighted by Crippen LogP contribution is 2.27. The lowest BCUT2D eigenvalue weighted by Crippen LogP contribution is -2.33. The van der Waals surface area contributed by atoms with Crippen LogP contribution in [0.5, 0.6) is 0 Å². The predicted octanol–water partition coefficient (Wildman–Crippen LogP) is 5.32. The quantitative estimate of drug-likeness (QED) is 0.447. The van der Waals surface area contributed by atoms with E-state index >= 15 is 0 Å². The number of esters is 1. The van der Waals surface area contributed by atoms with E-state index in [2.05, 4.69) is 4.74 Å². The fraction of sp³-hybridized carbons (Fsp3) is 0.812. The summed E-state index contributed by atoms with van der Waals surface area (Å²) in [4.78, 5) is 11.5. The van der Waals surface area contributed by atoms with E-state index in [1.807, 2.05) is 12.2 Å². The van der Waals surface area contributed by atoms with Crippen molar-refractivity contribution in [3.8, 4) is 0 Å². The third-order valence-electron chi connectivity index (χ3n) is 3.64. The van der Waals surface area contributed by atoms with Gasteiger partial charge in [-0.2, -0.15) is 13.2 Å². The van der Waals surface area contributed by atoms with Crippen LogP contribution in [0, 0.1) is 0 Å². The van der Waals surface area contributed by atoms with E-state index in [0.717, 1.165) is 32.1 Å². The molecule has 0 saturated carbocycles. The lowest BCUT2D eigenvalue weighted by molar-refractivity contribution is -0.222. The molecule has 0 N–H and O–H groups in total. The van der Waals surface area contributed by atoms with Crippen LogP contribution >= 0.6 is 0 Å². The molecule has 0 aromatic rings. The van der Waals surface area contributed by atoms with Crippen molar-refractivity contribution >= 4 is 5.97 Å². The number of halogens is 3. The smallest absolute Gasteiger partial charge is 0.425 e.